The molecule has 0 N–H and O–H groups in total. The van der Waals surface area contributed by atoms with Crippen LogP contribution in [0.3, 0.4) is 0 Å². The molecule has 0 spiro atoms. The van der Waals surface area contributed by atoms with Crippen molar-refractivity contribution in [1.29, 1.82) is 0 Å². The highest BCUT2D eigenvalue weighted by atomic mass is 16.6. The second-order valence-electron chi connectivity index (χ2n) is 17.0. The predicted molar refractivity (Wildman–Crippen MR) is 306 cm³/mol. The molecule has 0 rings (SSSR count). The van der Waals surface area contributed by atoms with Crippen LogP contribution in [0.4, 0.5) is 0 Å². The Balaban J connectivity index is 4.69. The third-order valence-corrected chi connectivity index (χ3v) is 10.4. The Labute approximate surface area is 434 Å². The summed E-state index contributed by atoms with van der Waals surface area (Å²) < 4.78 is 16.7. The van der Waals surface area contributed by atoms with Gasteiger partial charge in [0.2, 0.25) is 0 Å². The van der Waals surface area contributed by atoms with E-state index in [1.54, 1.807) is 0 Å². The normalized spacial score (nSPS) is 13.6. The number of ether oxygens (including phenoxy) is 3. The van der Waals surface area contributed by atoms with Crippen LogP contribution in [0.2, 0.25) is 0 Å². The van der Waals surface area contributed by atoms with E-state index in [1.165, 1.54) is 0 Å². The van der Waals surface area contributed by atoms with Crippen LogP contribution in [0.25, 0.3) is 0 Å². The molecule has 0 aromatic heterocycles. The smallest absolute Gasteiger partial charge is 0.306 e. The summed E-state index contributed by atoms with van der Waals surface area (Å²) in [6.07, 6.45) is 86.1. The van der Waals surface area contributed by atoms with Crippen LogP contribution in [0.5, 0.6) is 0 Å². The van der Waals surface area contributed by atoms with Gasteiger partial charge >= 0.3 is 17.9 Å². The van der Waals surface area contributed by atoms with E-state index in [9.17, 15) is 14.4 Å². The molecule has 0 amide bonds. The van der Waals surface area contributed by atoms with Crippen molar-refractivity contribution in [2.75, 3.05) is 13.2 Å². The summed E-state index contributed by atoms with van der Waals surface area (Å²) >= 11 is 0. The number of carbonyl (C=O) groups excluding carboxylic acids is 3. The average molecular weight is 973 g/mol. The van der Waals surface area contributed by atoms with Crippen LogP contribution in [0.1, 0.15) is 188 Å². The lowest BCUT2D eigenvalue weighted by Crippen LogP contribution is -2.30. The highest BCUT2D eigenvalue weighted by molar-refractivity contribution is 5.71. The fourth-order valence-corrected chi connectivity index (χ4v) is 6.45. The zero-order valence-electron chi connectivity index (χ0n) is 44.6. The molecule has 0 saturated heterocycles. The lowest BCUT2D eigenvalue weighted by atomic mass is 10.1. The Morgan fingerprint density at radius 3 is 0.873 bits per heavy atom. The maximum atomic E-state index is 12.8. The van der Waals surface area contributed by atoms with Crippen LogP contribution >= 0.6 is 0 Å². The maximum Gasteiger partial charge on any atom is 0.306 e. The van der Waals surface area contributed by atoms with Crippen molar-refractivity contribution in [3.05, 3.63) is 182 Å². The van der Waals surface area contributed by atoms with Crippen molar-refractivity contribution in [2.24, 2.45) is 0 Å². The molecule has 0 aliphatic carbocycles. The van der Waals surface area contributed by atoms with Gasteiger partial charge in [-0.1, -0.05) is 222 Å². The zero-order chi connectivity index (χ0) is 51.4. The van der Waals surface area contributed by atoms with Gasteiger partial charge < -0.3 is 14.2 Å². The summed E-state index contributed by atoms with van der Waals surface area (Å²) in [4.78, 5) is 38.1. The molecule has 0 bridgehead atoms. The third-order valence-electron chi connectivity index (χ3n) is 10.4. The van der Waals surface area contributed by atoms with Gasteiger partial charge in [0, 0.05) is 19.3 Å². The molecule has 0 heterocycles. The first-order chi connectivity index (χ1) is 35.0. The van der Waals surface area contributed by atoms with E-state index >= 15 is 0 Å². The number of hydrogen-bond acceptors (Lipinski definition) is 6. The van der Waals surface area contributed by atoms with E-state index < -0.39 is 18.0 Å². The molecular weight excluding hydrogens is 877 g/mol. The Hall–Kier alpha value is -5.49. The Morgan fingerprint density at radius 1 is 0.282 bits per heavy atom. The molecule has 71 heavy (non-hydrogen) atoms. The first kappa shape index (κ1) is 65.5. The van der Waals surface area contributed by atoms with Crippen molar-refractivity contribution in [3.63, 3.8) is 0 Å². The lowest BCUT2D eigenvalue weighted by molar-refractivity contribution is -0.166. The van der Waals surface area contributed by atoms with Gasteiger partial charge in [-0.3, -0.25) is 14.4 Å². The molecule has 0 aromatic carbocycles. The minimum absolute atomic E-state index is 0.151. The van der Waals surface area contributed by atoms with Crippen LogP contribution < -0.4 is 0 Å². The molecule has 392 valence electrons. The van der Waals surface area contributed by atoms with E-state index in [2.05, 4.69) is 179 Å². The van der Waals surface area contributed by atoms with Crippen LogP contribution in [0.15, 0.2) is 182 Å². The maximum absolute atomic E-state index is 12.8. The highest BCUT2D eigenvalue weighted by Crippen LogP contribution is 2.10. The molecular formula is C65H96O6. The molecule has 0 saturated carbocycles. The summed E-state index contributed by atoms with van der Waals surface area (Å²) in [6.45, 7) is 6.12. The van der Waals surface area contributed by atoms with E-state index in [1.807, 2.05) is 24.3 Å². The molecule has 1 atom stereocenters. The average Bonchev–Trinajstić information content (AvgIpc) is 3.37. The standard InChI is InChI=1S/C65H96O6/c1-4-7-10-13-16-19-22-25-28-30-32-34-37-40-43-46-49-52-55-58-64(67)70-61-62(60-69-63(66)57-54-51-48-45-42-39-36-27-24-21-18-15-12-9-6-3)71-65(68)59-56-53-50-47-44-41-38-35-33-31-29-26-23-20-17-14-11-8-5-2/h7-12,16-21,25-29,32-36,40-41,43-44,49-50,52-53,62H,4-6,13-15,22-24,30-31,37-39,42,45-48,51,54-61H2,1-3H3/b10-7-,11-8-,12-9-,19-16-,20-17-,21-18-,28-25-,29-26-,34-32-,35-33-,36-27-,43-40-,44-41-,52-49-,53-50-/t62-/m1/s1. The van der Waals surface area contributed by atoms with Crippen molar-refractivity contribution >= 4 is 17.9 Å². The topological polar surface area (TPSA) is 78.9 Å². The van der Waals surface area contributed by atoms with Gasteiger partial charge in [-0.15, -0.1) is 0 Å². The molecule has 6 heteroatoms. The fraction of sp³-hybridized carbons (Fsp3) is 0.492. The van der Waals surface area contributed by atoms with Crippen LogP contribution in [0, 0.1) is 0 Å². The Morgan fingerprint density at radius 2 is 0.535 bits per heavy atom. The Bertz CT molecular complexity index is 1730. The second kappa shape index (κ2) is 57.1. The van der Waals surface area contributed by atoms with E-state index in [4.69, 9.17) is 14.2 Å². The van der Waals surface area contributed by atoms with E-state index in [-0.39, 0.29) is 32.0 Å². The minimum Gasteiger partial charge on any atom is -0.462 e. The van der Waals surface area contributed by atoms with Gasteiger partial charge in [0.25, 0.3) is 0 Å². The summed E-state index contributed by atoms with van der Waals surface area (Å²) in [5, 5.41) is 0. The summed E-state index contributed by atoms with van der Waals surface area (Å²) in [6, 6.07) is 0. The minimum atomic E-state index is -0.868. The monoisotopic (exact) mass is 973 g/mol. The first-order valence-corrected chi connectivity index (χ1v) is 27.3. The number of unbranched alkanes of at least 4 members (excludes halogenated alkanes) is 5. The molecule has 6 nitrogen and oxygen atoms in total. The van der Waals surface area contributed by atoms with Gasteiger partial charge in [-0.25, -0.2) is 0 Å². The Kier molecular flexibility index (Phi) is 52.7. The van der Waals surface area contributed by atoms with Crippen molar-refractivity contribution in [3.8, 4) is 0 Å². The van der Waals surface area contributed by atoms with Gasteiger partial charge in [0.1, 0.15) is 13.2 Å². The number of rotatable bonds is 46. The van der Waals surface area contributed by atoms with Gasteiger partial charge in [0.05, 0.1) is 0 Å². The third kappa shape index (κ3) is 55.3. The molecule has 0 unspecified atom stereocenters. The molecule has 0 fully saturated rings. The van der Waals surface area contributed by atoms with Crippen molar-refractivity contribution < 1.29 is 28.6 Å². The SMILES string of the molecule is CC/C=C\C/C=C\C/C=C\C/C=C\C/C=C\C/C=C\CCC(=O)OC[C@@H](COC(=O)CCCCCCC/C=C\C/C=C\C/C=C\CC)OC(=O)CC/C=C\C/C=C\C/C=C\C/C=C\C/C=C\C/C=C\CC. The van der Waals surface area contributed by atoms with Crippen molar-refractivity contribution in [2.45, 2.75) is 194 Å². The number of esters is 3. The predicted octanol–water partition coefficient (Wildman–Crippen LogP) is 18.5. The fourth-order valence-electron chi connectivity index (χ4n) is 6.45. The van der Waals surface area contributed by atoms with E-state index in [0.717, 1.165) is 135 Å². The summed E-state index contributed by atoms with van der Waals surface area (Å²) in [5.74, 6) is -1.16. The molecule has 0 radical (unpaired) electrons. The summed E-state index contributed by atoms with van der Waals surface area (Å²) in [5.41, 5.74) is 0. The quantitative estimate of drug-likeness (QED) is 0.0262. The second-order valence-corrected chi connectivity index (χ2v) is 17.0. The largest absolute Gasteiger partial charge is 0.462 e. The molecule has 0 aromatic rings. The molecule has 0 aliphatic heterocycles. The van der Waals surface area contributed by atoms with Gasteiger partial charge in [0.15, 0.2) is 6.10 Å². The number of allylic oxidation sites excluding steroid dienone is 30. The number of carbonyl (C=O) groups is 3. The first-order valence-electron chi connectivity index (χ1n) is 27.3. The highest BCUT2D eigenvalue weighted by Gasteiger charge is 2.19. The van der Waals surface area contributed by atoms with Crippen LogP contribution in [-0.2, 0) is 28.6 Å². The van der Waals surface area contributed by atoms with Gasteiger partial charge in [-0.2, -0.15) is 0 Å². The lowest BCUT2D eigenvalue weighted by Gasteiger charge is -2.18. The van der Waals surface area contributed by atoms with Crippen LogP contribution in [-0.4, -0.2) is 37.2 Å². The summed E-state index contributed by atoms with van der Waals surface area (Å²) in [7, 11) is 0. The van der Waals surface area contributed by atoms with E-state index in [0.29, 0.717) is 19.3 Å². The molecule has 0 aliphatic rings. The number of hydrogen-bond donors (Lipinski definition) is 0. The van der Waals surface area contributed by atoms with Gasteiger partial charge in [-0.05, 0) is 128 Å². The zero-order valence-corrected chi connectivity index (χ0v) is 44.6. The van der Waals surface area contributed by atoms with Crippen molar-refractivity contribution in [1.82, 2.24) is 0 Å².